The minimum Gasteiger partial charge on any atom is -0.300 e. The summed E-state index contributed by atoms with van der Waals surface area (Å²) in [6.45, 7) is 0. The number of amides is 1. The van der Waals surface area contributed by atoms with Gasteiger partial charge in [0.1, 0.15) is 5.51 Å². The number of anilines is 1. The highest BCUT2D eigenvalue weighted by atomic mass is 32.2. The molecule has 0 saturated heterocycles. The third-order valence-electron chi connectivity index (χ3n) is 6.58. The van der Waals surface area contributed by atoms with Crippen molar-refractivity contribution in [3.8, 4) is 0 Å². The smallest absolute Gasteiger partial charge is 0.300 e. The second kappa shape index (κ2) is 8.38. The van der Waals surface area contributed by atoms with E-state index in [1.54, 1.807) is 0 Å². The van der Waals surface area contributed by atoms with Gasteiger partial charge < -0.3 is 0 Å². The zero-order valence-corrected chi connectivity index (χ0v) is 18.9. The summed E-state index contributed by atoms with van der Waals surface area (Å²) < 4.78 is 67.9. The van der Waals surface area contributed by atoms with Crippen LogP contribution in [-0.2, 0) is 26.4 Å². The molecule has 12 heteroatoms. The Hall–Kier alpha value is -2.05. The molecule has 2 aliphatic rings. The molecule has 1 aromatic heterocycles. The maximum atomic E-state index is 13.9. The van der Waals surface area contributed by atoms with Gasteiger partial charge in [-0.2, -0.15) is 13.2 Å². The molecule has 2 aromatic rings. The second-order valence-electron chi connectivity index (χ2n) is 8.29. The van der Waals surface area contributed by atoms with Crippen molar-refractivity contribution in [3.63, 3.8) is 0 Å². The third-order valence-corrected chi connectivity index (χ3v) is 8.66. The Morgan fingerprint density at radius 1 is 1.22 bits per heavy atom. The predicted molar refractivity (Wildman–Crippen MR) is 113 cm³/mol. The zero-order valence-electron chi connectivity index (χ0n) is 17.3. The van der Waals surface area contributed by atoms with Gasteiger partial charge in [0, 0.05) is 0 Å². The van der Waals surface area contributed by atoms with Crippen LogP contribution in [0.1, 0.15) is 49.7 Å². The summed E-state index contributed by atoms with van der Waals surface area (Å²) in [5.74, 6) is -0.301. The van der Waals surface area contributed by atoms with E-state index in [0.29, 0.717) is 6.42 Å². The zero-order chi connectivity index (χ0) is 23.1. The Labute approximate surface area is 187 Å². The summed E-state index contributed by atoms with van der Waals surface area (Å²) in [5, 5.41) is 10.5. The summed E-state index contributed by atoms with van der Waals surface area (Å²) in [5.41, 5.74) is -0.804. The van der Waals surface area contributed by atoms with Crippen LogP contribution >= 0.6 is 11.3 Å². The van der Waals surface area contributed by atoms with E-state index >= 15 is 0 Å². The highest BCUT2D eigenvalue weighted by Crippen LogP contribution is 2.61. The largest absolute Gasteiger partial charge is 0.417 e. The molecule has 1 heterocycles. The van der Waals surface area contributed by atoms with E-state index in [0.717, 1.165) is 62.6 Å². The number of benzene rings is 1. The number of aromatic nitrogens is 2. The standard InChI is InChI=1S/C20H23F3N4O3S2/c1-24-32(29,30)16-8-7-13(9-14(16)20(21,22)23)19(17(28)26-18-27-25-11-31-18)10-15(19)12-5-3-2-4-6-12/h7-9,11-12,15,24H,2-6,10H2,1H3,(H,26,27,28). The van der Waals surface area contributed by atoms with E-state index in [-0.39, 0.29) is 22.5 Å². The second-order valence-corrected chi connectivity index (χ2v) is 11.0. The van der Waals surface area contributed by atoms with Crippen LogP contribution in [0.4, 0.5) is 18.3 Å². The Morgan fingerprint density at radius 2 is 1.94 bits per heavy atom. The first-order valence-corrected chi connectivity index (χ1v) is 12.7. The molecule has 0 spiro atoms. The highest BCUT2D eigenvalue weighted by molar-refractivity contribution is 7.89. The van der Waals surface area contributed by atoms with Gasteiger partial charge in [-0.05, 0) is 43.0 Å². The van der Waals surface area contributed by atoms with Gasteiger partial charge >= 0.3 is 6.18 Å². The lowest BCUT2D eigenvalue weighted by molar-refractivity contribution is -0.140. The van der Waals surface area contributed by atoms with Gasteiger partial charge in [0.05, 0.1) is 15.9 Å². The lowest BCUT2D eigenvalue weighted by atomic mass is 9.80. The third kappa shape index (κ3) is 4.15. The summed E-state index contributed by atoms with van der Waals surface area (Å²) in [6, 6.07) is 3.11. The van der Waals surface area contributed by atoms with Crippen molar-refractivity contribution in [2.75, 3.05) is 12.4 Å². The first-order valence-electron chi connectivity index (χ1n) is 10.3. The molecule has 2 unspecified atom stereocenters. The van der Waals surface area contributed by atoms with Crippen LogP contribution in [0, 0.1) is 11.8 Å². The van der Waals surface area contributed by atoms with Gasteiger partial charge in [0.2, 0.25) is 21.1 Å². The number of sulfonamides is 1. The molecule has 1 amide bonds. The topological polar surface area (TPSA) is 101 Å². The fourth-order valence-electron chi connectivity index (χ4n) is 4.93. The van der Waals surface area contributed by atoms with Crippen LogP contribution in [0.5, 0.6) is 0 Å². The Kier molecular flexibility index (Phi) is 6.05. The minimum atomic E-state index is -4.90. The van der Waals surface area contributed by atoms with Crippen molar-refractivity contribution < 1.29 is 26.4 Å². The SMILES string of the molecule is CNS(=O)(=O)c1ccc(C2(C(=O)Nc3nncs3)CC2C2CCCCC2)cc1C(F)(F)F. The maximum absolute atomic E-state index is 13.9. The average Bonchev–Trinajstić information content (AvgIpc) is 3.34. The van der Waals surface area contributed by atoms with E-state index in [1.807, 2.05) is 4.72 Å². The molecule has 0 radical (unpaired) electrons. The lowest BCUT2D eigenvalue weighted by Crippen LogP contribution is -2.32. The Morgan fingerprint density at radius 3 is 2.53 bits per heavy atom. The van der Waals surface area contributed by atoms with Crippen molar-refractivity contribution in [2.24, 2.45) is 11.8 Å². The van der Waals surface area contributed by atoms with E-state index in [4.69, 9.17) is 0 Å². The van der Waals surface area contributed by atoms with Gasteiger partial charge in [-0.15, -0.1) is 10.2 Å². The Balaban J connectivity index is 1.79. The maximum Gasteiger partial charge on any atom is 0.417 e. The molecule has 2 aliphatic carbocycles. The van der Waals surface area contributed by atoms with Crippen LogP contribution in [0.25, 0.3) is 0 Å². The number of nitrogens with zero attached hydrogens (tertiary/aromatic N) is 2. The molecule has 2 fully saturated rings. The molecule has 2 N–H and O–H groups in total. The summed E-state index contributed by atoms with van der Waals surface area (Å²) in [7, 11) is -3.28. The molecular weight excluding hydrogens is 465 g/mol. The van der Waals surface area contributed by atoms with Gasteiger partial charge in [0.15, 0.2) is 0 Å². The molecule has 2 saturated carbocycles. The molecular formula is C20H23F3N4O3S2. The summed E-state index contributed by atoms with van der Waals surface area (Å²) in [6.07, 6.45) is 0.541. The van der Waals surface area contributed by atoms with Gasteiger partial charge in [-0.3, -0.25) is 10.1 Å². The normalized spacial score (nSPS) is 24.3. The Bertz CT molecular complexity index is 1100. The van der Waals surface area contributed by atoms with Crippen LogP contribution < -0.4 is 10.0 Å². The number of nitrogens with one attached hydrogen (secondary N) is 2. The van der Waals surface area contributed by atoms with Crippen molar-refractivity contribution in [3.05, 3.63) is 34.8 Å². The fraction of sp³-hybridized carbons (Fsp3) is 0.550. The summed E-state index contributed by atoms with van der Waals surface area (Å²) in [4.78, 5) is 12.5. The number of hydrogen-bond donors (Lipinski definition) is 2. The van der Waals surface area contributed by atoms with Crippen molar-refractivity contribution >= 4 is 32.4 Å². The molecule has 4 rings (SSSR count). The molecule has 32 heavy (non-hydrogen) atoms. The van der Waals surface area contributed by atoms with E-state index < -0.39 is 38.0 Å². The quantitative estimate of drug-likeness (QED) is 0.642. The van der Waals surface area contributed by atoms with Gasteiger partial charge in [-0.25, -0.2) is 13.1 Å². The van der Waals surface area contributed by atoms with Crippen molar-refractivity contribution in [2.45, 2.75) is 55.0 Å². The molecule has 7 nitrogen and oxygen atoms in total. The first-order chi connectivity index (χ1) is 15.1. The van der Waals surface area contributed by atoms with Crippen LogP contribution in [-0.4, -0.2) is 31.6 Å². The van der Waals surface area contributed by atoms with E-state index in [2.05, 4.69) is 15.5 Å². The number of carbonyl (C=O) groups is 1. The van der Waals surface area contributed by atoms with Crippen molar-refractivity contribution in [1.29, 1.82) is 0 Å². The van der Waals surface area contributed by atoms with Crippen LogP contribution in [0.2, 0.25) is 0 Å². The number of carbonyl (C=O) groups excluding carboxylic acids is 1. The number of hydrogen-bond acceptors (Lipinski definition) is 6. The summed E-state index contributed by atoms with van der Waals surface area (Å²) >= 11 is 1.12. The molecule has 0 bridgehead atoms. The number of rotatable bonds is 6. The fourth-order valence-corrected chi connectivity index (χ4v) is 6.30. The number of alkyl halides is 3. The highest BCUT2D eigenvalue weighted by Gasteiger charge is 2.63. The molecule has 174 valence electrons. The van der Waals surface area contributed by atoms with Gasteiger partial charge in [0.25, 0.3) is 0 Å². The average molecular weight is 489 g/mol. The van der Waals surface area contributed by atoms with E-state index in [9.17, 15) is 26.4 Å². The molecule has 0 aliphatic heterocycles. The van der Waals surface area contributed by atoms with Crippen LogP contribution in [0.3, 0.4) is 0 Å². The number of halogens is 3. The molecule has 1 aromatic carbocycles. The van der Waals surface area contributed by atoms with Gasteiger partial charge in [-0.1, -0.05) is 49.5 Å². The first kappa shape index (κ1) is 23.1. The lowest BCUT2D eigenvalue weighted by Gasteiger charge is -2.26. The van der Waals surface area contributed by atoms with Crippen LogP contribution in [0.15, 0.2) is 28.6 Å². The minimum absolute atomic E-state index is 0.108. The monoisotopic (exact) mass is 488 g/mol. The molecule has 2 atom stereocenters. The van der Waals surface area contributed by atoms with Crippen molar-refractivity contribution in [1.82, 2.24) is 14.9 Å². The van der Waals surface area contributed by atoms with E-state index in [1.165, 1.54) is 11.6 Å². The predicted octanol–water partition coefficient (Wildman–Crippen LogP) is 3.94.